The smallest absolute Gasteiger partial charge is 0.123 e. The van der Waals surface area contributed by atoms with Crippen molar-refractivity contribution in [3.8, 4) is 5.75 Å². The van der Waals surface area contributed by atoms with Crippen molar-refractivity contribution in [2.24, 2.45) is 0 Å². The van der Waals surface area contributed by atoms with Gasteiger partial charge in [0.1, 0.15) is 11.9 Å². The van der Waals surface area contributed by atoms with E-state index < -0.39 is 11.7 Å². The molecule has 0 radical (unpaired) electrons. The summed E-state index contributed by atoms with van der Waals surface area (Å²) in [7, 11) is 0. The lowest BCUT2D eigenvalue weighted by molar-refractivity contribution is -0.0345. The van der Waals surface area contributed by atoms with Gasteiger partial charge in [0, 0.05) is 26.1 Å². The maximum atomic E-state index is 11.1. The van der Waals surface area contributed by atoms with Crippen LogP contribution >= 0.6 is 0 Å². The normalized spacial score (nSPS) is 22.9. The molecule has 0 amide bonds. The van der Waals surface area contributed by atoms with E-state index in [0.29, 0.717) is 19.4 Å². The number of fused-ring (bicyclic) bond motifs is 1. The number of benzene rings is 2. The fourth-order valence-electron chi connectivity index (χ4n) is 4.33. The molecule has 2 aromatic rings. The number of hydrogen-bond donors (Lipinski definition) is 2. The second-order valence-corrected chi connectivity index (χ2v) is 8.22. The summed E-state index contributed by atoms with van der Waals surface area (Å²) >= 11 is 0. The van der Waals surface area contributed by atoms with Crippen LogP contribution in [0.15, 0.2) is 42.5 Å². The first kappa shape index (κ1) is 18.5. The van der Waals surface area contributed by atoms with Crippen LogP contribution in [0.3, 0.4) is 0 Å². The number of rotatable bonds is 4. The SMILES string of the molecule is Cc1cccc(C2(O)CCN(C[C@H](O)c3ccc4c(c3)C[C@@H](C)O4)CC2)c1. The van der Waals surface area contributed by atoms with Crippen LogP contribution in [0.2, 0.25) is 0 Å². The minimum atomic E-state index is -0.755. The Morgan fingerprint density at radius 2 is 1.96 bits per heavy atom. The summed E-state index contributed by atoms with van der Waals surface area (Å²) in [6, 6.07) is 14.2. The summed E-state index contributed by atoms with van der Waals surface area (Å²) in [5.41, 5.74) is 3.57. The Labute approximate surface area is 161 Å². The van der Waals surface area contributed by atoms with E-state index in [9.17, 15) is 10.2 Å². The van der Waals surface area contributed by atoms with Crippen molar-refractivity contribution < 1.29 is 14.9 Å². The van der Waals surface area contributed by atoms with E-state index in [4.69, 9.17) is 4.74 Å². The highest BCUT2D eigenvalue weighted by Gasteiger charge is 2.34. The second-order valence-electron chi connectivity index (χ2n) is 8.22. The topological polar surface area (TPSA) is 52.9 Å². The third-order valence-electron chi connectivity index (χ3n) is 5.97. The number of likely N-dealkylation sites (tertiary alicyclic amines) is 1. The minimum Gasteiger partial charge on any atom is -0.490 e. The molecule has 0 aromatic heterocycles. The lowest BCUT2D eigenvalue weighted by atomic mass is 9.83. The quantitative estimate of drug-likeness (QED) is 0.870. The monoisotopic (exact) mass is 367 g/mol. The largest absolute Gasteiger partial charge is 0.490 e. The number of nitrogens with zero attached hydrogens (tertiary/aromatic N) is 1. The van der Waals surface area contributed by atoms with Crippen molar-refractivity contribution in [3.63, 3.8) is 0 Å². The highest BCUT2D eigenvalue weighted by molar-refractivity contribution is 5.41. The second kappa shape index (κ2) is 7.27. The van der Waals surface area contributed by atoms with E-state index in [-0.39, 0.29) is 6.10 Å². The third-order valence-corrected chi connectivity index (χ3v) is 5.97. The van der Waals surface area contributed by atoms with Crippen LogP contribution in [-0.2, 0) is 12.0 Å². The number of β-amino-alcohol motifs (C(OH)–C–C–N with tert-alkyl or cyclic N) is 1. The predicted molar refractivity (Wildman–Crippen MR) is 106 cm³/mol. The van der Waals surface area contributed by atoms with Crippen molar-refractivity contribution >= 4 is 0 Å². The number of aryl methyl sites for hydroxylation is 1. The Morgan fingerprint density at radius 3 is 2.70 bits per heavy atom. The first-order valence-corrected chi connectivity index (χ1v) is 9.92. The molecular weight excluding hydrogens is 338 g/mol. The Balaban J connectivity index is 1.37. The number of ether oxygens (including phenoxy) is 1. The van der Waals surface area contributed by atoms with Crippen LogP contribution in [0.1, 0.15) is 48.1 Å². The van der Waals surface area contributed by atoms with E-state index in [1.54, 1.807) is 0 Å². The molecule has 4 heteroatoms. The molecule has 2 atom stereocenters. The molecule has 144 valence electrons. The number of aliphatic hydroxyl groups excluding tert-OH is 1. The van der Waals surface area contributed by atoms with Gasteiger partial charge in [0.15, 0.2) is 0 Å². The maximum absolute atomic E-state index is 11.1. The number of hydrogen-bond acceptors (Lipinski definition) is 4. The molecule has 0 aliphatic carbocycles. The molecule has 1 saturated heterocycles. The van der Waals surface area contributed by atoms with Gasteiger partial charge in [0.25, 0.3) is 0 Å². The summed E-state index contributed by atoms with van der Waals surface area (Å²) in [5.74, 6) is 0.944. The third kappa shape index (κ3) is 3.88. The van der Waals surface area contributed by atoms with Crippen molar-refractivity contribution in [3.05, 3.63) is 64.7 Å². The fraction of sp³-hybridized carbons (Fsp3) is 0.478. The zero-order chi connectivity index (χ0) is 19.0. The molecule has 2 aliphatic rings. The van der Waals surface area contributed by atoms with Gasteiger partial charge >= 0.3 is 0 Å². The van der Waals surface area contributed by atoms with Crippen molar-refractivity contribution in [1.29, 1.82) is 0 Å². The maximum Gasteiger partial charge on any atom is 0.123 e. The van der Waals surface area contributed by atoms with Gasteiger partial charge in [-0.25, -0.2) is 0 Å². The lowest BCUT2D eigenvalue weighted by Gasteiger charge is -2.39. The average molecular weight is 367 g/mol. The van der Waals surface area contributed by atoms with Crippen LogP contribution in [0, 0.1) is 6.92 Å². The van der Waals surface area contributed by atoms with E-state index in [0.717, 1.165) is 36.4 Å². The van der Waals surface area contributed by atoms with Crippen molar-refractivity contribution in [2.45, 2.75) is 50.9 Å². The van der Waals surface area contributed by atoms with E-state index in [1.807, 2.05) is 24.3 Å². The van der Waals surface area contributed by atoms with Gasteiger partial charge in [0.05, 0.1) is 11.7 Å². The fourth-order valence-corrected chi connectivity index (χ4v) is 4.33. The van der Waals surface area contributed by atoms with E-state index in [2.05, 4.69) is 36.9 Å². The zero-order valence-corrected chi connectivity index (χ0v) is 16.2. The van der Waals surface area contributed by atoms with Gasteiger partial charge in [-0.05, 0) is 55.5 Å². The summed E-state index contributed by atoms with van der Waals surface area (Å²) in [4.78, 5) is 2.25. The summed E-state index contributed by atoms with van der Waals surface area (Å²) in [5, 5.41) is 21.8. The van der Waals surface area contributed by atoms with Gasteiger partial charge in [-0.2, -0.15) is 0 Å². The number of piperidine rings is 1. The molecule has 2 aliphatic heterocycles. The van der Waals surface area contributed by atoms with Crippen LogP contribution in [0.25, 0.3) is 0 Å². The van der Waals surface area contributed by atoms with Crippen molar-refractivity contribution in [1.82, 2.24) is 4.90 Å². The molecule has 4 nitrogen and oxygen atoms in total. The minimum absolute atomic E-state index is 0.216. The summed E-state index contributed by atoms with van der Waals surface area (Å²) in [6.45, 7) is 6.29. The molecule has 2 N–H and O–H groups in total. The molecule has 4 rings (SSSR count). The van der Waals surface area contributed by atoms with Gasteiger partial charge < -0.3 is 19.8 Å². The first-order valence-electron chi connectivity index (χ1n) is 9.92. The molecule has 2 aromatic carbocycles. The molecule has 27 heavy (non-hydrogen) atoms. The molecule has 0 bridgehead atoms. The van der Waals surface area contributed by atoms with Gasteiger partial charge in [-0.15, -0.1) is 0 Å². The van der Waals surface area contributed by atoms with Crippen LogP contribution in [-0.4, -0.2) is 40.9 Å². The lowest BCUT2D eigenvalue weighted by Crippen LogP contribution is -2.44. The van der Waals surface area contributed by atoms with Crippen LogP contribution < -0.4 is 4.74 Å². The van der Waals surface area contributed by atoms with Crippen molar-refractivity contribution in [2.75, 3.05) is 19.6 Å². The summed E-state index contributed by atoms with van der Waals surface area (Å²) < 4.78 is 5.74. The van der Waals surface area contributed by atoms with Gasteiger partial charge in [-0.1, -0.05) is 35.9 Å². The van der Waals surface area contributed by atoms with E-state index in [1.165, 1.54) is 11.1 Å². The highest BCUT2D eigenvalue weighted by atomic mass is 16.5. The highest BCUT2D eigenvalue weighted by Crippen LogP contribution is 2.35. The zero-order valence-electron chi connectivity index (χ0n) is 16.2. The standard InChI is InChI=1S/C23H29NO3/c1-16-4-3-5-20(12-16)23(26)8-10-24(11-9-23)15-21(25)18-6-7-22-19(14-18)13-17(2)27-22/h3-7,12,14,17,21,25-26H,8-11,13,15H2,1-2H3/t17-,21+/m1/s1. The van der Waals surface area contributed by atoms with Crippen LogP contribution in [0.4, 0.5) is 0 Å². The first-order chi connectivity index (χ1) is 12.9. The molecule has 0 unspecified atom stereocenters. The Morgan fingerprint density at radius 1 is 1.19 bits per heavy atom. The van der Waals surface area contributed by atoms with E-state index >= 15 is 0 Å². The number of aliphatic hydroxyl groups is 2. The van der Waals surface area contributed by atoms with Crippen LogP contribution in [0.5, 0.6) is 5.75 Å². The summed E-state index contributed by atoms with van der Waals surface area (Å²) in [6.07, 6.45) is 1.99. The Hall–Kier alpha value is -1.88. The molecule has 2 heterocycles. The molecular formula is C23H29NO3. The molecule has 0 saturated carbocycles. The Kier molecular flexibility index (Phi) is 4.97. The van der Waals surface area contributed by atoms with Gasteiger partial charge in [-0.3, -0.25) is 0 Å². The predicted octanol–water partition coefficient (Wildman–Crippen LogP) is 3.34. The molecule has 0 spiro atoms. The average Bonchev–Trinajstić information content (AvgIpc) is 3.03. The Bertz CT molecular complexity index is 811. The van der Waals surface area contributed by atoms with Gasteiger partial charge in [0.2, 0.25) is 0 Å². The molecule has 1 fully saturated rings.